The quantitative estimate of drug-likeness (QED) is 0.135. The van der Waals surface area contributed by atoms with Crippen molar-refractivity contribution < 1.29 is 0 Å². The van der Waals surface area contributed by atoms with Crippen molar-refractivity contribution in [2.75, 3.05) is 0 Å². The molecule has 6 heterocycles. The molecule has 0 radical (unpaired) electrons. The first-order valence-corrected chi connectivity index (χ1v) is 46.3. The van der Waals surface area contributed by atoms with E-state index in [9.17, 15) is 0 Å². The van der Waals surface area contributed by atoms with Crippen LogP contribution in [0.15, 0.2) is 455 Å². The van der Waals surface area contributed by atoms with E-state index in [1.165, 1.54) is 224 Å². The fraction of sp³-hybridized carbons (Fsp3) is 0. The van der Waals surface area contributed by atoms with Crippen LogP contribution >= 0.6 is 34.0 Å². The summed E-state index contributed by atoms with van der Waals surface area (Å²) in [5, 5.41) is 30.4. The third kappa shape index (κ3) is 13.2. The van der Waals surface area contributed by atoms with Crippen LogP contribution in [0.25, 0.3) is 258 Å². The van der Waals surface area contributed by atoms with Gasteiger partial charge in [-0.1, -0.05) is 364 Å². The molecule has 0 spiro atoms. The normalized spacial score (nSPS) is 11.7. The van der Waals surface area contributed by atoms with E-state index in [4.69, 9.17) is 15.0 Å². The van der Waals surface area contributed by atoms with E-state index in [0.29, 0.717) is 0 Å². The lowest BCUT2D eigenvalue weighted by Crippen LogP contribution is -1.92. The minimum absolute atomic E-state index is 0.990. The SMILES string of the molecule is c1ccc(-c2c3ccccc3c(-c3ccc(-c4ccc5c(c4)sc4cc6ccccc6cc45)cn3)c3ccccc23)cc1.c1ccc(-c2c3ccccc3c(-c3ccc(-c4ccc5sc6cc7ccccc7cc6c5c4)cn3)c3ccccc23)cc1.c1ccc(-c2c3ccccc3c(-c3ccc(-c4cccc5c4sc4cc6ccccc6cc45)cn3)c3ccccc23)cc1. The maximum atomic E-state index is 5.14. The third-order valence-corrected chi connectivity index (χ3v) is 29.5. The molecule has 0 unspecified atom stereocenters. The Morgan fingerprint density at radius 3 is 0.783 bits per heavy atom. The highest BCUT2D eigenvalue weighted by molar-refractivity contribution is 7.27. The van der Waals surface area contributed by atoms with Crippen molar-refractivity contribution in [2.45, 2.75) is 0 Å². The number of thiophene rings is 3. The van der Waals surface area contributed by atoms with Gasteiger partial charge in [0.2, 0.25) is 0 Å². The molecule has 0 bridgehead atoms. The first-order valence-electron chi connectivity index (χ1n) is 43.9. The van der Waals surface area contributed by atoms with Crippen LogP contribution in [0.1, 0.15) is 0 Å². The molecule has 0 saturated heterocycles. The van der Waals surface area contributed by atoms with Gasteiger partial charge in [-0.2, -0.15) is 0 Å². The van der Waals surface area contributed by atoms with Crippen molar-refractivity contribution in [1.29, 1.82) is 0 Å². The van der Waals surface area contributed by atoms with Crippen molar-refractivity contribution in [3.63, 3.8) is 0 Å². The second-order valence-corrected chi connectivity index (χ2v) is 36.6. The largest absolute Gasteiger partial charge is 0.256 e. The molecule has 3 nitrogen and oxygen atoms in total. The van der Waals surface area contributed by atoms with Crippen LogP contribution in [0.3, 0.4) is 0 Å². The zero-order valence-corrected chi connectivity index (χ0v) is 72.3. The minimum Gasteiger partial charge on any atom is -0.256 e. The molecular weight excluding hydrogens is 1620 g/mol. The van der Waals surface area contributed by atoms with E-state index < -0.39 is 0 Å². The fourth-order valence-electron chi connectivity index (χ4n) is 20.1. The Morgan fingerprint density at radius 2 is 0.411 bits per heavy atom. The van der Waals surface area contributed by atoms with Crippen LogP contribution < -0.4 is 0 Å². The maximum Gasteiger partial charge on any atom is 0.0714 e. The highest BCUT2D eigenvalue weighted by atomic mass is 32.1. The van der Waals surface area contributed by atoms with E-state index in [1.807, 2.05) is 46.4 Å². The van der Waals surface area contributed by atoms with Crippen LogP contribution in [-0.2, 0) is 0 Å². The summed E-state index contributed by atoms with van der Waals surface area (Å²) in [6.45, 7) is 0. The number of benzene rings is 21. The van der Waals surface area contributed by atoms with E-state index in [-0.39, 0.29) is 0 Å². The Hall–Kier alpha value is -15.9. The number of nitrogens with zero attached hydrogens (tertiary/aromatic N) is 3. The van der Waals surface area contributed by atoms with Gasteiger partial charge in [0.15, 0.2) is 0 Å². The van der Waals surface area contributed by atoms with Gasteiger partial charge in [0.05, 0.1) is 17.1 Å². The molecule has 0 aliphatic heterocycles. The lowest BCUT2D eigenvalue weighted by Gasteiger charge is -2.17. The Bertz CT molecular complexity index is 8950. The smallest absolute Gasteiger partial charge is 0.0714 e. The van der Waals surface area contributed by atoms with Gasteiger partial charge < -0.3 is 0 Å². The van der Waals surface area contributed by atoms with Gasteiger partial charge >= 0.3 is 0 Å². The van der Waals surface area contributed by atoms with Crippen LogP contribution in [0.5, 0.6) is 0 Å². The van der Waals surface area contributed by atoms with E-state index in [1.54, 1.807) is 0 Å². The standard InChI is InChI=1S/3C41H25NS/c1-2-11-26(12-3-1)39-31-15-6-8-17-33(31)40(34-18-9-7-16-32(34)39)37-22-21-29(25-42-37)30-19-10-20-35-36-23-27-13-4-5-14-28(27)24-38(36)43-41(30)35;1-2-10-26(11-3-1)40-31-14-6-8-16-33(31)41(34-17-9-7-15-32(34)40)37-20-18-30(25-42-37)29-19-21-38-35(23-29)36-22-27-12-4-5-13-28(27)24-39(36)43-38;1-2-10-26(11-3-1)40-32-14-6-8-16-34(32)41(35-17-9-7-15-33(35)40)37-21-19-30(25-42-37)29-18-20-31-36-22-27-12-4-5-13-28(27)23-39(36)43-38(31)24-29/h3*1-25H. The summed E-state index contributed by atoms with van der Waals surface area (Å²) >= 11 is 5.61. The number of aromatic nitrogens is 3. The fourth-order valence-corrected chi connectivity index (χ4v) is 23.6. The third-order valence-electron chi connectivity index (χ3n) is 26.1. The Labute approximate surface area is 756 Å². The zero-order chi connectivity index (χ0) is 85.0. The topological polar surface area (TPSA) is 38.7 Å². The maximum absolute atomic E-state index is 5.14. The number of fused-ring (bicyclic) bond motifs is 18. The van der Waals surface area contributed by atoms with Crippen LogP contribution in [0, 0.1) is 0 Å². The van der Waals surface area contributed by atoms with Crippen molar-refractivity contribution >= 4 is 191 Å². The zero-order valence-electron chi connectivity index (χ0n) is 69.9. The van der Waals surface area contributed by atoms with E-state index in [2.05, 4.69) is 443 Å². The van der Waals surface area contributed by atoms with Crippen molar-refractivity contribution in [3.8, 4) is 101 Å². The molecular formula is C123H75N3S3. The van der Waals surface area contributed by atoms with Crippen LogP contribution in [0.2, 0.25) is 0 Å². The van der Waals surface area contributed by atoms with Gasteiger partial charge in [0, 0.05) is 118 Å². The van der Waals surface area contributed by atoms with Crippen LogP contribution in [-0.4, -0.2) is 15.0 Å². The molecule has 0 N–H and O–H groups in total. The van der Waals surface area contributed by atoms with Crippen molar-refractivity contribution in [3.05, 3.63) is 455 Å². The predicted molar refractivity (Wildman–Crippen MR) is 558 cm³/mol. The average molecular weight is 1690 g/mol. The molecule has 0 aliphatic carbocycles. The molecule has 0 saturated carbocycles. The van der Waals surface area contributed by atoms with Crippen molar-refractivity contribution in [1.82, 2.24) is 15.0 Å². The molecule has 21 aromatic carbocycles. The Balaban J connectivity index is 0.000000105. The van der Waals surface area contributed by atoms with Gasteiger partial charge in [0.1, 0.15) is 0 Å². The Morgan fingerprint density at radius 1 is 0.140 bits per heavy atom. The summed E-state index contributed by atoms with van der Waals surface area (Å²) < 4.78 is 7.91. The monoisotopic (exact) mass is 1690 g/mol. The van der Waals surface area contributed by atoms with Gasteiger partial charge in [-0.15, -0.1) is 34.0 Å². The molecule has 27 aromatic rings. The lowest BCUT2D eigenvalue weighted by molar-refractivity contribution is 1.34. The number of hydrogen-bond acceptors (Lipinski definition) is 6. The van der Waals surface area contributed by atoms with Gasteiger partial charge in [0.25, 0.3) is 0 Å². The highest BCUT2D eigenvalue weighted by Crippen LogP contribution is 2.50. The first-order chi connectivity index (χ1) is 64.0. The molecule has 0 fully saturated rings. The molecule has 0 aliphatic rings. The molecule has 6 aromatic heterocycles. The number of pyridine rings is 3. The number of rotatable bonds is 9. The molecule has 0 atom stereocenters. The molecule has 0 amide bonds. The predicted octanol–water partition coefficient (Wildman–Crippen LogP) is 35.7. The molecule has 27 rings (SSSR count). The second kappa shape index (κ2) is 31.6. The lowest BCUT2D eigenvalue weighted by atomic mass is 9.87. The highest BCUT2D eigenvalue weighted by Gasteiger charge is 2.24. The summed E-state index contributed by atoms with van der Waals surface area (Å²) in [5.74, 6) is 0. The minimum atomic E-state index is 0.990. The first kappa shape index (κ1) is 75.6. The van der Waals surface area contributed by atoms with Gasteiger partial charge in [-0.3, -0.25) is 15.0 Å². The second-order valence-electron chi connectivity index (χ2n) is 33.4. The summed E-state index contributed by atoms with van der Waals surface area (Å²) in [6, 6.07) is 158. The summed E-state index contributed by atoms with van der Waals surface area (Å²) in [5.41, 5.74) is 21.0. The summed E-state index contributed by atoms with van der Waals surface area (Å²) in [6.07, 6.45) is 6.13. The summed E-state index contributed by atoms with van der Waals surface area (Å²) in [7, 11) is 0. The van der Waals surface area contributed by atoms with E-state index in [0.717, 1.165) is 33.8 Å². The van der Waals surface area contributed by atoms with Gasteiger partial charge in [-0.25, -0.2) is 0 Å². The van der Waals surface area contributed by atoms with Gasteiger partial charge in [-0.05, 0) is 214 Å². The van der Waals surface area contributed by atoms with Crippen LogP contribution in [0.4, 0.5) is 0 Å². The molecule has 129 heavy (non-hydrogen) atoms. The average Bonchev–Trinajstić information content (AvgIpc) is 1.74. The summed E-state index contributed by atoms with van der Waals surface area (Å²) in [4.78, 5) is 15.3. The molecule has 6 heteroatoms. The van der Waals surface area contributed by atoms with Crippen molar-refractivity contribution in [2.24, 2.45) is 0 Å². The van der Waals surface area contributed by atoms with E-state index >= 15 is 0 Å². The number of hydrogen-bond donors (Lipinski definition) is 0. The molecule has 600 valence electrons. The Kier molecular flexibility index (Phi) is 18.5.